The molecule has 3 N–H and O–H groups in total. The van der Waals surface area contributed by atoms with Crippen LogP contribution in [0.2, 0.25) is 0 Å². The Morgan fingerprint density at radius 3 is 1.02 bits per heavy atom. The van der Waals surface area contributed by atoms with Gasteiger partial charge in [-0.2, -0.15) is 0 Å². The molecule has 2 heteroatoms. The zero-order chi connectivity index (χ0) is 38.9. The van der Waals surface area contributed by atoms with Gasteiger partial charge in [0.25, 0.3) is 0 Å². The van der Waals surface area contributed by atoms with E-state index in [-0.39, 0.29) is 0 Å². The zero-order valence-corrected chi connectivity index (χ0v) is 37.8. The van der Waals surface area contributed by atoms with Gasteiger partial charge in [-0.1, -0.05) is 138 Å². The summed E-state index contributed by atoms with van der Waals surface area (Å²) in [5, 5.41) is 3.37. The molecule has 0 aromatic heterocycles. The van der Waals surface area contributed by atoms with Gasteiger partial charge in [0.05, 0.1) is 0 Å². The summed E-state index contributed by atoms with van der Waals surface area (Å²) in [4.78, 5) is 0. The molecule has 0 spiro atoms. The van der Waals surface area contributed by atoms with Crippen LogP contribution in [0, 0.1) is 59.2 Å². The van der Waals surface area contributed by atoms with Gasteiger partial charge in [0, 0.05) is 6.04 Å². The number of piperidine rings is 1. The van der Waals surface area contributed by atoms with Crippen LogP contribution in [-0.2, 0) is 0 Å². The van der Waals surface area contributed by atoms with Crippen LogP contribution >= 0.6 is 0 Å². The van der Waals surface area contributed by atoms with E-state index < -0.39 is 0 Å². The smallest absolute Gasteiger partial charge is 0.00390 e. The molecule has 6 rings (SSSR count). The molecule has 0 aromatic rings. The molecule has 5 aliphatic carbocycles. The molecule has 0 radical (unpaired) electrons. The van der Waals surface area contributed by atoms with Crippen LogP contribution in [0.25, 0.3) is 0 Å². The highest BCUT2D eigenvalue weighted by atomic mass is 14.9. The summed E-state index contributed by atoms with van der Waals surface area (Å²) in [5.41, 5.74) is 9.16. The standard InChI is InChI=1S/C9H19N.C9H18.2C9H16.C8H17N.C6H12/c1-7(2)8-3-5-9(10)6-4-8;3*1-8(2)9-6-4-3-5-7-9;1-7(2)8-3-5-9-6-4-8;1-5(2)6-3-4-6/h7-9H,3-6,10H2,1-2H3;8-9H,3-7H2,1-2H3;2*6,8H,3-5,7H2,1-2H3;7-9H,3-6H2,1-2H3;5-6H,3-4H2,1-2H3. The minimum Gasteiger partial charge on any atom is -0.328 e. The first-order chi connectivity index (χ1) is 24.7. The lowest BCUT2D eigenvalue weighted by Gasteiger charge is -2.28. The third-order valence-electron chi connectivity index (χ3n) is 13.4. The Bertz CT molecular complexity index is 816. The van der Waals surface area contributed by atoms with Gasteiger partial charge in [0.15, 0.2) is 0 Å². The molecule has 52 heavy (non-hydrogen) atoms. The van der Waals surface area contributed by atoms with Gasteiger partial charge in [0.1, 0.15) is 0 Å². The first kappa shape index (κ1) is 49.4. The van der Waals surface area contributed by atoms with Crippen LogP contribution in [0.1, 0.15) is 218 Å². The predicted octanol–water partition coefficient (Wildman–Crippen LogP) is 15.4. The summed E-state index contributed by atoms with van der Waals surface area (Å²) in [7, 11) is 0. The van der Waals surface area contributed by atoms with Crippen molar-refractivity contribution < 1.29 is 0 Å². The predicted molar refractivity (Wildman–Crippen MR) is 237 cm³/mol. The van der Waals surface area contributed by atoms with Gasteiger partial charge in [-0.25, -0.2) is 0 Å². The van der Waals surface area contributed by atoms with E-state index in [0.717, 1.165) is 59.2 Å². The third kappa shape index (κ3) is 24.7. The summed E-state index contributed by atoms with van der Waals surface area (Å²) < 4.78 is 0. The van der Waals surface area contributed by atoms with E-state index in [9.17, 15) is 0 Å². The largest absolute Gasteiger partial charge is 0.328 e. The molecule has 308 valence electrons. The van der Waals surface area contributed by atoms with Crippen molar-refractivity contribution in [3.05, 3.63) is 23.3 Å². The van der Waals surface area contributed by atoms with Crippen LogP contribution in [0.15, 0.2) is 23.3 Å². The lowest BCUT2D eigenvalue weighted by Crippen LogP contribution is -2.29. The second-order valence-electron chi connectivity index (χ2n) is 19.8. The highest BCUT2D eigenvalue weighted by Gasteiger charge is 2.24. The van der Waals surface area contributed by atoms with Crippen molar-refractivity contribution in [2.45, 2.75) is 224 Å². The van der Waals surface area contributed by atoms with Crippen molar-refractivity contribution in [3.63, 3.8) is 0 Å². The molecule has 6 aliphatic rings. The highest BCUT2D eigenvalue weighted by molar-refractivity contribution is 5.07. The zero-order valence-electron chi connectivity index (χ0n) is 37.8. The second kappa shape index (κ2) is 29.7. The van der Waals surface area contributed by atoms with E-state index in [0.29, 0.717) is 6.04 Å². The van der Waals surface area contributed by atoms with E-state index in [1.807, 2.05) is 0 Å². The normalized spacial score (nSPS) is 24.2. The van der Waals surface area contributed by atoms with Crippen molar-refractivity contribution in [2.75, 3.05) is 13.1 Å². The van der Waals surface area contributed by atoms with Gasteiger partial charge in [-0.15, -0.1) is 0 Å². The fourth-order valence-corrected chi connectivity index (χ4v) is 8.66. The lowest BCUT2D eigenvalue weighted by molar-refractivity contribution is 0.259. The molecule has 0 bridgehead atoms. The molecule has 0 aromatic carbocycles. The van der Waals surface area contributed by atoms with Gasteiger partial charge in [0.2, 0.25) is 0 Å². The SMILES string of the molecule is CC(C)C1=CCCCC1.CC(C)C1=CCCCC1.CC(C)C1CC1.CC(C)C1CCC(N)CC1.CC(C)C1CCCCC1.CC(C)C1CCNCC1. The number of allylic oxidation sites excluding steroid dienone is 4. The first-order valence-corrected chi connectivity index (χ1v) is 23.6. The molecule has 0 unspecified atom stereocenters. The Morgan fingerprint density at radius 1 is 0.423 bits per heavy atom. The lowest BCUT2D eigenvalue weighted by atomic mass is 9.80. The maximum Gasteiger partial charge on any atom is 0.00390 e. The number of hydrogen-bond donors (Lipinski definition) is 2. The fourth-order valence-electron chi connectivity index (χ4n) is 8.66. The van der Waals surface area contributed by atoms with Crippen LogP contribution < -0.4 is 11.1 Å². The van der Waals surface area contributed by atoms with Crippen molar-refractivity contribution >= 4 is 0 Å². The Kier molecular flexibility index (Phi) is 28.2. The molecule has 3 saturated carbocycles. The summed E-state index contributed by atoms with van der Waals surface area (Å²) in [6.07, 6.45) is 34.3. The first-order valence-electron chi connectivity index (χ1n) is 23.6. The Balaban J connectivity index is 0.000000313. The number of hydrogen-bond acceptors (Lipinski definition) is 2. The van der Waals surface area contributed by atoms with Gasteiger partial charge in [-0.05, 0) is 175 Å². The molecule has 1 aliphatic heterocycles. The average molecular weight is 727 g/mol. The molecular weight excluding hydrogens is 629 g/mol. The molecular formula is C50H98N2. The summed E-state index contributed by atoms with van der Waals surface area (Å²) in [6.45, 7) is 30.3. The van der Waals surface area contributed by atoms with Gasteiger partial charge >= 0.3 is 0 Å². The second-order valence-corrected chi connectivity index (χ2v) is 19.8. The maximum absolute atomic E-state index is 5.80. The number of nitrogens with one attached hydrogen (secondary N) is 1. The molecule has 1 saturated heterocycles. The monoisotopic (exact) mass is 727 g/mol. The molecule has 0 amide bonds. The highest BCUT2D eigenvalue weighted by Crippen LogP contribution is 2.36. The summed E-state index contributed by atoms with van der Waals surface area (Å²) in [6, 6.07) is 0.509. The molecule has 1 heterocycles. The minimum atomic E-state index is 0.509. The Morgan fingerprint density at radius 2 is 0.769 bits per heavy atom. The van der Waals surface area contributed by atoms with E-state index >= 15 is 0 Å². The van der Waals surface area contributed by atoms with E-state index in [4.69, 9.17) is 5.73 Å². The quantitative estimate of drug-likeness (QED) is 0.267. The van der Waals surface area contributed by atoms with Crippen LogP contribution in [0.4, 0.5) is 0 Å². The number of rotatable bonds is 6. The Labute approximate surface area is 329 Å². The van der Waals surface area contributed by atoms with E-state index in [1.165, 1.54) is 148 Å². The van der Waals surface area contributed by atoms with Gasteiger partial charge in [-0.3, -0.25) is 0 Å². The average Bonchev–Trinajstić information content (AvgIpc) is 4.01. The molecule has 0 atom stereocenters. The topological polar surface area (TPSA) is 38.0 Å². The van der Waals surface area contributed by atoms with Crippen molar-refractivity contribution in [1.29, 1.82) is 0 Å². The minimum absolute atomic E-state index is 0.509. The fraction of sp³-hybridized carbons (Fsp3) is 0.920. The van der Waals surface area contributed by atoms with Crippen molar-refractivity contribution in [2.24, 2.45) is 64.9 Å². The van der Waals surface area contributed by atoms with Crippen LogP contribution in [-0.4, -0.2) is 19.1 Å². The van der Waals surface area contributed by atoms with E-state index in [2.05, 4.69) is 101 Å². The van der Waals surface area contributed by atoms with Crippen molar-refractivity contribution in [3.8, 4) is 0 Å². The summed E-state index contributed by atoms with van der Waals surface area (Å²) >= 11 is 0. The summed E-state index contributed by atoms with van der Waals surface area (Å²) in [5.74, 6) is 9.36. The van der Waals surface area contributed by atoms with Gasteiger partial charge < -0.3 is 11.1 Å². The van der Waals surface area contributed by atoms with Crippen LogP contribution in [0.5, 0.6) is 0 Å². The Hall–Kier alpha value is -0.600. The third-order valence-corrected chi connectivity index (χ3v) is 13.4. The maximum atomic E-state index is 5.80. The van der Waals surface area contributed by atoms with Crippen LogP contribution in [0.3, 0.4) is 0 Å². The van der Waals surface area contributed by atoms with E-state index in [1.54, 1.807) is 11.1 Å². The molecule has 4 fully saturated rings. The number of nitrogens with two attached hydrogens (primary N) is 1. The molecule has 2 nitrogen and oxygen atoms in total. The van der Waals surface area contributed by atoms with Crippen molar-refractivity contribution in [1.82, 2.24) is 5.32 Å².